The topological polar surface area (TPSA) is 27.1 Å². The zero-order chi connectivity index (χ0) is 16.8. The Bertz CT molecular complexity index is 809. The summed E-state index contributed by atoms with van der Waals surface area (Å²) in [5.41, 5.74) is 6.46. The van der Waals surface area contributed by atoms with Crippen LogP contribution in [-0.2, 0) is 6.54 Å². The van der Waals surface area contributed by atoms with E-state index in [2.05, 4.69) is 70.6 Å². The highest BCUT2D eigenvalue weighted by Gasteiger charge is 2.29. The van der Waals surface area contributed by atoms with Gasteiger partial charge in [-0.3, -0.25) is 4.68 Å². The number of rotatable bonds is 3. The summed E-state index contributed by atoms with van der Waals surface area (Å²) in [6.45, 7) is 15.2. The van der Waals surface area contributed by atoms with Crippen molar-refractivity contribution in [3.05, 3.63) is 53.4 Å². The summed E-state index contributed by atoms with van der Waals surface area (Å²) in [5.74, 6) is 0.918. The van der Waals surface area contributed by atoms with Crippen molar-refractivity contribution in [2.45, 2.75) is 46.8 Å². The van der Waals surface area contributed by atoms with Gasteiger partial charge in [0.05, 0.1) is 5.69 Å². The third kappa shape index (κ3) is 2.50. The molecular formula is C20H24N2O. The lowest BCUT2D eigenvalue weighted by atomic mass is 9.91. The molecule has 2 aromatic rings. The standard InChI is InChI=1S/C20H24N2O/c1-7-17-11-15-9-10-16(12-18(15)23-20(17,5)6)19-13(3)21-22(8-2)14(19)4/h7,9-12H,1,8H2,2-6H3. The minimum Gasteiger partial charge on any atom is -0.483 e. The number of nitrogens with zero attached hydrogens (tertiary/aromatic N) is 2. The molecule has 0 amide bonds. The third-order valence-corrected chi connectivity index (χ3v) is 4.57. The Balaban J connectivity index is 2.12. The van der Waals surface area contributed by atoms with Crippen LogP contribution in [0.1, 0.15) is 37.7 Å². The zero-order valence-corrected chi connectivity index (χ0v) is 14.6. The highest BCUT2D eigenvalue weighted by atomic mass is 16.5. The number of benzene rings is 1. The Hall–Kier alpha value is -2.29. The van der Waals surface area contributed by atoms with Gasteiger partial charge in [0.15, 0.2) is 0 Å². The number of hydrogen-bond donors (Lipinski definition) is 0. The minimum atomic E-state index is -0.356. The Morgan fingerprint density at radius 2 is 2.04 bits per heavy atom. The molecule has 0 aliphatic carbocycles. The van der Waals surface area contributed by atoms with Crippen LogP contribution in [0.15, 0.2) is 36.4 Å². The molecule has 1 aliphatic rings. The van der Waals surface area contributed by atoms with E-state index in [4.69, 9.17) is 4.74 Å². The van der Waals surface area contributed by atoms with Gasteiger partial charge in [0.25, 0.3) is 0 Å². The lowest BCUT2D eigenvalue weighted by Gasteiger charge is -2.32. The fourth-order valence-corrected chi connectivity index (χ4v) is 3.30. The molecule has 2 heterocycles. The van der Waals surface area contributed by atoms with Crippen LogP contribution in [0, 0.1) is 13.8 Å². The molecule has 1 aromatic carbocycles. The van der Waals surface area contributed by atoms with Crippen LogP contribution in [0.2, 0.25) is 0 Å². The molecule has 0 atom stereocenters. The molecule has 0 bridgehead atoms. The van der Waals surface area contributed by atoms with E-state index >= 15 is 0 Å². The first-order valence-corrected chi connectivity index (χ1v) is 8.09. The monoisotopic (exact) mass is 308 g/mol. The second-order valence-corrected chi connectivity index (χ2v) is 6.53. The molecule has 0 fully saturated rings. The molecule has 3 nitrogen and oxygen atoms in total. The highest BCUT2D eigenvalue weighted by Crippen LogP contribution is 2.39. The van der Waals surface area contributed by atoms with E-state index in [1.54, 1.807) is 0 Å². The summed E-state index contributed by atoms with van der Waals surface area (Å²) < 4.78 is 8.28. The van der Waals surface area contributed by atoms with E-state index in [-0.39, 0.29) is 5.60 Å². The van der Waals surface area contributed by atoms with Gasteiger partial charge >= 0.3 is 0 Å². The van der Waals surface area contributed by atoms with Gasteiger partial charge in [-0.15, -0.1) is 0 Å². The van der Waals surface area contributed by atoms with Crippen LogP contribution in [0.5, 0.6) is 5.75 Å². The maximum atomic E-state index is 6.23. The summed E-state index contributed by atoms with van der Waals surface area (Å²) in [5, 5.41) is 4.62. The number of hydrogen-bond acceptors (Lipinski definition) is 2. The van der Waals surface area contributed by atoms with Gasteiger partial charge in [0, 0.05) is 23.4 Å². The first kappa shape index (κ1) is 15.6. The van der Waals surface area contributed by atoms with Gasteiger partial charge in [-0.2, -0.15) is 5.10 Å². The smallest absolute Gasteiger partial charge is 0.128 e. The summed E-state index contributed by atoms with van der Waals surface area (Å²) in [4.78, 5) is 0. The Morgan fingerprint density at radius 1 is 1.30 bits per heavy atom. The molecule has 3 heteroatoms. The van der Waals surface area contributed by atoms with Crippen molar-refractivity contribution in [2.24, 2.45) is 0 Å². The van der Waals surface area contributed by atoms with Gasteiger partial charge in [-0.05, 0) is 57.9 Å². The molecule has 23 heavy (non-hydrogen) atoms. The molecule has 1 aromatic heterocycles. The predicted octanol–water partition coefficient (Wildman–Crippen LogP) is 4.93. The molecule has 0 radical (unpaired) electrons. The van der Waals surface area contributed by atoms with Gasteiger partial charge in [-0.25, -0.2) is 0 Å². The van der Waals surface area contributed by atoms with E-state index in [1.165, 1.54) is 11.3 Å². The molecule has 1 aliphatic heterocycles. The van der Waals surface area contributed by atoms with Crippen molar-refractivity contribution >= 4 is 6.08 Å². The van der Waals surface area contributed by atoms with E-state index in [0.29, 0.717) is 0 Å². The number of ether oxygens (including phenoxy) is 1. The van der Waals surface area contributed by atoms with Crippen LogP contribution in [0.4, 0.5) is 0 Å². The molecule has 3 rings (SSSR count). The summed E-state index contributed by atoms with van der Waals surface area (Å²) >= 11 is 0. The Morgan fingerprint density at radius 3 is 2.65 bits per heavy atom. The van der Waals surface area contributed by atoms with Crippen LogP contribution >= 0.6 is 0 Å². The Labute approximate surface area is 138 Å². The van der Waals surface area contributed by atoms with E-state index < -0.39 is 0 Å². The minimum absolute atomic E-state index is 0.356. The quantitative estimate of drug-likeness (QED) is 0.804. The van der Waals surface area contributed by atoms with Gasteiger partial charge < -0.3 is 4.74 Å². The third-order valence-electron chi connectivity index (χ3n) is 4.57. The van der Waals surface area contributed by atoms with E-state index in [9.17, 15) is 0 Å². The number of fused-ring (bicyclic) bond motifs is 1. The molecular weight excluding hydrogens is 284 g/mol. The Kier molecular flexibility index (Phi) is 3.67. The first-order chi connectivity index (χ1) is 10.9. The average molecular weight is 308 g/mol. The lowest BCUT2D eigenvalue weighted by molar-refractivity contribution is 0.149. The maximum Gasteiger partial charge on any atom is 0.128 e. The molecule has 0 spiro atoms. The van der Waals surface area contributed by atoms with Gasteiger partial charge in [0.1, 0.15) is 11.4 Å². The second kappa shape index (κ2) is 5.41. The molecule has 0 N–H and O–H groups in total. The zero-order valence-electron chi connectivity index (χ0n) is 14.6. The first-order valence-electron chi connectivity index (χ1n) is 8.09. The summed E-state index contributed by atoms with van der Waals surface area (Å²) in [6.07, 6.45) is 4.03. The summed E-state index contributed by atoms with van der Waals surface area (Å²) in [6, 6.07) is 6.39. The van der Waals surface area contributed by atoms with Crippen molar-refractivity contribution in [1.82, 2.24) is 9.78 Å². The molecule has 120 valence electrons. The van der Waals surface area contributed by atoms with Crippen molar-refractivity contribution < 1.29 is 4.74 Å². The number of aryl methyl sites for hydroxylation is 2. The van der Waals surface area contributed by atoms with Crippen LogP contribution in [0.3, 0.4) is 0 Å². The maximum absolute atomic E-state index is 6.23. The fourth-order valence-electron chi connectivity index (χ4n) is 3.30. The fraction of sp³-hybridized carbons (Fsp3) is 0.350. The SMILES string of the molecule is C=CC1=Cc2ccc(-c3c(C)nn(CC)c3C)cc2OC1(C)C. The van der Waals surface area contributed by atoms with Crippen molar-refractivity contribution in [1.29, 1.82) is 0 Å². The van der Waals surface area contributed by atoms with Gasteiger partial charge in [0.2, 0.25) is 0 Å². The van der Waals surface area contributed by atoms with Crippen molar-refractivity contribution in [2.75, 3.05) is 0 Å². The van der Waals surface area contributed by atoms with E-state index in [0.717, 1.165) is 34.7 Å². The second-order valence-electron chi connectivity index (χ2n) is 6.53. The average Bonchev–Trinajstić information content (AvgIpc) is 2.79. The van der Waals surface area contributed by atoms with E-state index in [1.807, 2.05) is 10.8 Å². The predicted molar refractivity (Wildman–Crippen MR) is 95.7 cm³/mol. The molecule has 0 saturated carbocycles. The lowest BCUT2D eigenvalue weighted by Crippen LogP contribution is -2.32. The van der Waals surface area contributed by atoms with Crippen molar-refractivity contribution in [3.8, 4) is 16.9 Å². The normalized spacial score (nSPS) is 15.6. The summed E-state index contributed by atoms with van der Waals surface area (Å²) in [7, 11) is 0. The molecule has 0 saturated heterocycles. The highest BCUT2D eigenvalue weighted by molar-refractivity contribution is 5.75. The van der Waals surface area contributed by atoms with Crippen LogP contribution in [-0.4, -0.2) is 15.4 Å². The number of aromatic nitrogens is 2. The largest absolute Gasteiger partial charge is 0.483 e. The van der Waals surface area contributed by atoms with Gasteiger partial charge in [-0.1, -0.05) is 24.8 Å². The molecule has 0 unspecified atom stereocenters. The van der Waals surface area contributed by atoms with Crippen LogP contribution in [0.25, 0.3) is 17.2 Å². The van der Waals surface area contributed by atoms with Crippen molar-refractivity contribution in [3.63, 3.8) is 0 Å². The van der Waals surface area contributed by atoms with Crippen LogP contribution < -0.4 is 4.74 Å².